The van der Waals surface area contributed by atoms with Gasteiger partial charge in [0.25, 0.3) is 0 Å². The van der Waals surface area contributed by atoms with Gasteiger partial charge in [-0.25, -0.2) is 0 Å². The summed E-state index contributed by atoms with van der Waals surface area (Å²) >= 11 is 0. The highest BCUT2D eigenvalue weighted by molar-refractivity contribution is 5.74. The maximum absolute atomic E-state index is 12.7. The van der Waals surface area contributed by atoms with E-state index in [-0.39, 0.29) is 22.9 Å². The lowest BCUT2D eigenvalue weighted by atomic mass is 10.2. The fourth-order valence-electron chi connectivity index (χ4n) is 1.95. The zero-order valence-corrected chi connectivity index (χ0v) is 11.0. The van der Waals surface area contributed by atoms with E-state index in [0.29, 0.717) is 5.76 Å². The van der Waals surface area contributed by atoms with Gasteiger partial charge in [0.05, 0.1) is 11.8 Å². The number of alkyl halides is 3. The third-order valence-electron chi connectivity index (χ3n) is 2.98. The minimum absolute atomic E-state index is 0.0967. The van der Waals surface area contributed by atoms with E-state index >= 15 is 0 Å². The Morgan fingerprint density at radius 3 is 2.55 bits per heavy atom. The molecule has 4 nitrogen and oxygen atoms in total. The maximum Gasteiger partial charge on any atom is 0.416 e. The lowest BCUT2D eigenvalue weighted by Gasteiger charge is -2.09. The molecule has 0 amide bonds. The first kappa shape index (κ1) is 14.1. The Balaban J connectivity index is 1.88. The molecule has 0 aliphatic carbocycles. The van der Waals surface area contributed by atoms with Gasteiger partial charge >= 0.3 is 6.18 Å². The maximum atomic E-state index is 12.7. The summed E-state index contributed by atoms with van der Waals surface area (Å²) in [6.45, 7) is 0. The van der Waals surface area contributed by atoms with Gasteiger partial charge in [-0.05, 0) is 30.3 Å². The summed E-state index contributed by atoms with van der Waals surface area (Å²) in [6, 6.07) is 7.85. The molecule has 2 aromatic heterocycles. The van der Waals surface area contributed by atoms with Crippen molar-refractivity contribution in [2.75, 3.05) is 5.32 Å². The molecule has 3 aromatic rings. The summed E-state index contributed by atoms with van der Waals surface area (Å²) in [5, 5.41) is 12.7. The molecule has 0 aliphatic rings. The summed E-state index contributed by atoms with van der Waals surface area (Å²) in [5.74, 6) is 0.168. The van der Waals surface area contributed by atoms with Gasteiger partial charge in [0.1, 0.15) is 12.0 Å². The van der Waals surface area contributed by atoms with Gasteiger partial charge in [0.15, 0.2) is 11.5 Å². The van der Waals surface area contributed by atoms with Gasteiger partial charge in [0, 0.05) is 5.69 Å². The van der Waals surface area contributed by atoms with Crippen LogP contribution in [0.5, 0.6) is 5.75 Å². The molecule has 7 heteroatoms. The highest BCUT2D eigenvalue weighted by Crippen LogP contribution is 2.39. The van der Waals surface area contributed by atoms with E-state index in [9.17, 15) is 18.3 Å². The molecule has 0 saturated carbocycles. The highest BCUT2D eigenvalue weighted by Gasteiger charge is 2.30. The molecular weight excluding hydrogens is 299 g/mol. The fraction of sp³-hybridized carbons (Fsp3) is 0.0667. The number of rotatable bonds is 3. The summed E-state index contributed by atoms with van der Waals surface area (Å²) in [5.41, 5.74) is -0.464. The van der Waals surface area contributed by atoms with E-state index in [0.717, 1.165) is 12.1 Å². The van der Waals surface area contributed by atoms with Crippen LogP contribution >= 0.6 is 0 Å². The van der Waals surface area contributed by atoms with E-state index in [1.807, 2.05) is 0 Å². The molecule has 0 spiro atoms. The zero-order valence-electron chi connectivity index (χ0n) is 11.0. The van der Waals surface area contributed by atoms with Crippen molar-refractivity contribution in [1.29, 1.82) is 0 Å². The van der Waals surface area contributed by atoms with Gasteiger partial charge in [-0.15, -0.1) is 0 Å². The van der Waals surface area contributed by atoms with Crippen molar-refractivity contribution in [3.8, 4) is 17.3 Å². The normalized spacial score (nSPS) is 11.6. The number of anilines is 2. The summed E-state index contributed by atoms with van der Waals surface area (Å²) in [6.07, 6.45) is -1.82. The number of halogens is 3. The first-order valence-electron chi connectivity index (χ1n) is 6.24. The van der Waals surface area contributed by atoms with Crippen LogP contribution in [-0.2, 0) is 6.18 Å². The third-order valence-corrected chi connectivity index (χ3v) is 2.98. The average molecular weight is 309 g/mol. The van der Waals surface area contributed by atoms with Gasteiger partial charge in [-0.1, -0.05) is 6.07 Å². The Hall–Kier alpha value is -2.83. The largest absolute Gasteiger partial charge is 0.503 e. The van der Waals surface area contributed by atoms with Crippen molar-refractivity contribution in [1.82, 2.24) is 0 Å². The van der Waals surface area contributed by atoms with Crippen molar-refractivity contribution >= 4 is 11.4 Å². The van der Waals surface area contributed by atoms with Crippen LogP contribution in [0.4, 0.5) is 24.5 Å². The molecule has 0 unspecified atom stereocenters. The van der Waals surface area contributed by atoms with Crippen LogP contribution in [0.3, 0.4) is 0 Å². The Morgan fingerprint density at radius 1 is 1.05 bits per heavy atom. The lowest BCUT2D eigenvalue weighted by Crippen LogP contribution is -2.05. The predicted molar refractivity (Wildman–Crippen MR) is 72.8 cm³/mol. The lowest BCUT2D eigenvalue weighted by molar-refractivity contribution is -0.137. The molecule has 3 rings (SSSR count). The van der Waals surface area contributed by atoms with Gasteiger partial charge in [0.2, 0.25) is 5.76 Å². The second-order valence-corrected chi connectivity index (χ2v) is 4.51. The quantitative estimate of drug-likeness (QED) is 0.714. The van der Waals surface area contributed by atoms with Gasteiger partial charge in [-0.3, -0.25) is 0 Å². The predicted octanol–water partition coefficient (Wildman–Crippen LogP) is 5.01. The molecule has 0 aliphatic heterocycles. The Labute approximate surface area is 122 Å². The molecule has 0 fully saturated rings. The fourth-order valence-corrected chi connectivity index (χ4v) is 1.95. The summed E-state index contributed by atoms with van der Waals surface area (Å²) in [7, 11) is 0. The molecule has 2 N–H and O–H groups in total. The van der Waals surface area contributed by atoms with E-state index in [1.54, 1.807) is 12.1 Å². The number of benzene rings is 1. The minimum Gasteiger partial charge on any atom is -0.503 e. The molecule has 22 heavy (non-hydrogen) atoms. The SMILES string of the molecule is Oc1c(Nc2cccc(C(F)(F)F)c2)coc1-c1ccco1. The third kappa shape index (κ3) is 2.65. The van der Waals surface area contributed by atoms with Crippen LogP contribution in [0.25, 0.3) is 11.5 Å². The Kier molecular flexibility index (Phi) is 3.32. The smallest absolute Gasteiger partial charge is 0.416 e. The average Bonchev–Trinajstić information content (AvgIpc) is 3.09. The van der Waals surface area contributed by atoms with Crippen molar-refractivity contribution in [2.24, 2.45) is 0 Å². The Bertz CT molecular complexity index is 776. The monoisotopic (exact) mass is 309 g/mol. The van der Waals surface area contributed by atoms with Crippen molar-refractivity contribution in [3.05, 3.63) is 54.5 Å². The van der Waals surface area contributed by atoms with E-state index in [2.05, 4.69) is 5.32 Å². The molecule has 0 atom stereocenters. The first-order valence-corrected chi connectivity index (χ1v) is 6.24. The van der Waals surface area contributed by atoms with Crippen LogP contribution in [0, 0.1) is 0 Å². The van der Waals surface area contributed by atoms with Crippen molar-refractivity contribution in [3.63, 3.8) is 0 Å². The van der Waals surface area contributed by atoms with Gasteiger partial charge < -0.3 is 19.3 Å². The molecule has 0 bridgehead atoms. The van der Waals surface area contributed by atoms with E-state index in [1.165, 1.54) is 24.7 Å². The second kappa shape index (κ2) is 5.18. The molecular formula is C15H10F3NO3. The second-order valence-electron chi connectivity index (χ2n) is 4.51. The Morgan fingerprint density at radius 2 is 1.86 bits per heavy atom. The molecule has 1 aromatic carbocycles. The van der Waals surface area contributed by atoms with Crippen LogP contribution in [0.2, 0.25) is 0 Å². The topological polar surface area (TPSA) is 58.5 Å². The number of aromatic hydroxyl groups is 1. The molecule has 114 valence electrons. The molecule has 2 heterocycles. The highest BCUT2D eigenvalue weighted by atomic mass is 19.4. The molecule has 0 saturated heterocycles. The van der Waals surface area contributed by atoms with Crippen LogP contribution in [0.15, 0.2) is 57.8 Å². The van der Waals surface area contributed by atoms with E-state index < -0.39 is 11.7 Å². The van der Waals surface area contributed by atoms with Gasteiger partial charge in [-0.2, -0.15) is 13.2 Å². The van der Waals surface area contributed by atoms with Crippen molar-refractivity contribution < 1.29 is 27.1 Å². The van der Waals surface area contributed by atoms with Crippen LogP contribution < -0.4 is 5.32 Å². The first-order chi connectivity index (χ1) is 10.4. The van der Waals surface area contributed by atoms with Crippen molar-refractivity contribution in [2.45, 2.75) is 6.18 Å². The molecule has 0 radical (unpaired) electrons. The number of furan rings is 2. The number of nitrogens with one attached hydrogen (secondary N) is 1. The van der Waals surface area contributed by atoms with E-state index in [4.69, 9.17) is 8.83 Å². The minimum atomic E-state index is -4.44. The summed E-state index contributed by atoms with van der Waals surface area (Å²) < 4.78 is 48.3. The van der Waals surface area contributed by atoms with Crippen LogP contribution in [-0.4, -0.2) is 5.11 Å². The number of hydrogen-bond acceptors (Lipinski definition) is 4. The zero-order chi connectivity index (χ0) is 15.7. The standard InChI is InChI=1S/C15H10F3NO3/c16-15(17,18)9-3-1-4-10(7-9)19-11-8-22-14(13(11)20)12-5-2-6-21-12/h1-8,19-20H. The summed E-state index contributed by atoms with van der Waals surface area (Å²) in [4.78, 5) is 0. The number of hydrogen-bond donors (Lipinski definition) is 2. The van der Waals surface area contributed by atoms with Crippen LogP contribution in [0.1, 0.15) is 5.56 Å².